The molecular weight excluding hydrogens is 308 g/mol. The zero-order valence-corrected chi connectivity index (χ0v) is 12.5. The second-order valence-corrected chi connectivity index (χ2v) is 5.67. The van der Waals surface area contributed by atoms with Crippen molar-refractivity contribution in [3.63, 3.8) is 0 Å². The third kappa shape index (κ3) is 5.38. The minimum absolute atomic E-state index is 0.184. The third-order valence-electron chi connectivity index (χ3n) is 3.19. The van der Waals surface area contributed by atoms with Gasteiger partial charge in [0.05, 0.1) is 12.7 Å². The highest BCUT2D eigenvalue weighted by atomic mass is 79.9. The maximum absolute atomic E-state index is 11.8. The van der Waals surface area contributed by atoms with E-state index in [4.69, 9.17) is 4.74 Å². The van der Waals surface area contributed by atoms with Crippen LogP contribution in [-0.4, -0.2) is 36.6 Å². The Morgan fingerprint density at radius 1 is 1.42 bits per heavy atom. The maximum atomic E-state index is 11.8. The van der Waals surface area contributed by atoms with Crippen LogP contribution in [0.15, 0.2) is 22.8 Å². The number of pyridine rings is 1. The van der Waals surface area contributed by atoms with Crippen LogP contribution in [-0.2, 0) is 16.0 Å². The zero-order valence-electron chi connectivity index (χ0n) is 10.9. The van der Waals surface area contributed by atoms with E-state index in [-0.39, 0.29) is 5.78 Å². The van der Waals surface area contributed by atoms with Gasteiger partial charge < -0.3 is 10.1 Å². The molecule has 0 saturated carbocycles. The summed E-state index contributed by atoms with van der Waals surface area (Å²) < 4.78 is 6.65. The molecule has 1 aliphatic rings. The normalized spacial score (nSPS) is 16.5. The van der Waals surface area contributed by atoms with E-state index in [2.05, 4.69) is 26.2 Å². The van der Waals surface area contributed by atoms with Crippen LogP contribution < -0.4 is 5.32 Å². The molecule has 0 atom stereocenters. The first kappa shape index (κ1) is 14.6. The van der Waals surface area contributed by atoms with Crippen molar-refractivity contribution in [1.29, 1.82) is 0 Å². The first-order valence-corrected chi connectivity index (χ1v) is 7.48. The number of ether oxygens (including phenoxy) is 1. The highest BCUT2D eigenvalue weighted by Gasteiger charge is 2.13. The van der Waals surface area contributed by atoms with E-state index in [9.17, 15) is 4.79 Å². The predicted molar refractivity (Wildman–Crippen MR) is 77.1 cm³/mol. The van der Waals surface area contributed by atoms with Gasteiger partial charge in [-0.25, -0.2) is 0 Å². The van der Waals surface area contributed by atoms with Gasteiger partial charge in [0.15, 0.2) is 0 Å². The number of nitrogens with zero attached hydrogens (tertiary/aromatic N) is 1. The highest BCUT2D eigenvalue weighted by Crippen LogP contribution is 2.10. The van der Waals surface area contributed by atoms with Crippen molar-refractivity contribution >= 4 is 21.7 Å². The van der Waals surface area contributed by atoms with E-state index in [1.807, 2.05) is 12.1 Å². The molecule has 0 amide bonds. The molecule has 1 N–H and O–H groups in total. The summed E-state index contributed by atoms with van der Waals surface area (Å²) in [5, 5.41) is 3.29. The number of aromatic nitrogens is 1. The summed E-state index contributed by atoms with van der Waals surface area (Å²) in [5.74, 6) is 0.184. The number of nitrogens with one attached hydrogen (secondary N) is 1. The second kappa shape index (κ2) is 7.72. The number of carbonyl (C=O) groups is 1. The Morgan fingerprint density at radius 2 is 2.21 bits per heavy atom. The molecule has 1 aliphatic heterocycles. The number of hydrogen-bond donors (Lipinski definition) is 1. The van der Waals surface area contributed by atoms with E-state index >= 15 is 0 Å². The van der Waals surface area contributed by atoms with Gasteiger partial charge in [-0.1, -0.05) is 0 Å². The lowest BCUT2D eigenvalue weighted by molar-refractivity contribution is -0.120. The Balaban J connectivity index is 1.65. The lowest BCUT2D eigenvalue weighted by Gasteiger charge is -2.22. The SMILES string of the molecule is O=C(CCOC1CCNCC1)Cc1ccc(Br)cn1. The summed E-state index contributed by atoms with van der Waals surface area (Å²) in [5.41, 5.74) is 0.815. The summed E-state index contributed by atoms with van der Waals surface area (Å²) >= 11 is 3.33. The standard InChI is InChI=1S/C14H19BrN2O2/c15-11-1-2-12(17-10-11)9-13(18)5-8-19-14-3-6-16-7-4-14/h1-2,10,14,16H,3-9H2. The van der Waals surface area contributed by atoms with Crippen molar-refractivity contribution < 1.29 is 9.53 Å². The van der Waals surface area contributed by atoms with Crippen LogP contribution in [0, 0.1) is 0 Å². The molecular formula is C14H19BrN2O2. The van der Waals surface area contributed by atoms with Crippen molar-refractivity contribution in [1.82, 2.24) is 10.3 Å². The van der Waals surface area contributed by atoms with Crippen LogP contribution in [0.25, 0.3) is 0 Å². The maximum Gasteiger partial charge on any atom is 0.141 e. The van der Waals surface area contributed by atoms with Crippen LogP contribution in [0.1, 0.15) is 25.0 Å². The van der Waals surface area contributed by atoms with Gasteiger partial charge in [-0.2, -0.15) is 0 Å². The Hall–Kier alpha value is -0.780. The first-order valence-electron chi connectivity index (χ1n) is 6.68. The van der Waals surface area contributed by atoms with Crippen molar-refractivity contribution in [2.24, 2.45) is 0 Å². The van der Waals surface area contributed by atoms with Crippen LogP contribution >= 0.6 is 15.9 Å². The van der Waals surface area contributed by atoms with Gasteiger partial charge >= 0.3 is 0 Å². The van der Waals surface area contributed by atoms with Crippen LogP contribution in [0.4, 0.5) is 0 Å². The molecule has 0 spiro atoms. The summed E-state index contributed by atoms with van der Waals surface area (Å²) in [6.45, 7) is 2.56. The van der Waals surface area contributed by atoms with Gasteiger partial charge in [-0.05, 0) is 54.0 Å². The third-order valence-corrected chi connectivity index (χ3v) is 3.66. The molecule has 104 valence electrons. The van der Waals surface area contributed by atoms with E-state index < -0.39 is 0 Å². The molecule has 0 aromatic carbocycles. The topological polar surface area (TPSA) is 51.2 Å². The van der Waals surface area contributed by atoms with Gasteiger partial charge in [-0.3, -0.25) is 9.78 Å². The number of ketones is 1. The Morgan fingerprint density at radius 3 is 2.89 bits per heavy atom. The largest absolute Gasteiger partial charge is 0.378 e. The fourth-order valence-corrected chi connectivity index (χ4v) is 2.34. The number of hydrogen-bond acceptors (Lipinski definition) is 4. The Labute approximate surface area is 122 Å². The van der Waals surface area contributed by atoms with Crippen molar-refractivity contribution in [3.05, 3.63) is 28.5 Å². The van der Waals surface area contributed by atoms with Crippen LogP contribution in [0.2, 0.25) is 0 Å². The lowest BCUT2D eigenvalue weighted by atomic mass is 10.1. The smallest absolute Gasteiger partial charge is 0.141 e. The molecule has 2 heterocycles. The fourth-order valence-electron chi connectivity index (χ4n) is 2.10. The van der Waals surface area contributed by atoms with Crippen molar-refractivity contribution in [3.8, 4) is 0 Å². The number of carbonyl (C=O) groups excluding carboxylic acids is 1. The monoisotopic (exact) mass is 326 g/mol. The van der Waals surface area contributed by atoms with E-state index in [1.54, 1.807) is 6.20 Å². The Bertz CT molecular complexity index is 402. The molecule has 1 aromatic rings. The molecule has 1 aromatic heterocycles. The van der Waals surface area contributed by atoms with Crippen LogP contribution in [0.3, 0.4) is 0 Å². The fraction of sp³-hybridized carbons (Fsp3) is 0.571. The van der Waals surface area contributed by atoms with Gasteiger partial charge in [0.2, 0.25) is 0 Å². The second-order valence-electron chi connectivity index (χ2n) is 4.75. The molecule has 1 saturated heterocycles. The summed E-state index contributed by atoms with van der Waals surface area (Å²) in [4.78, 5) is 16.0. The quantitative estimate of drug-likeness (QED) is 0.870. The summed E-state index contributed by atoms with van der Waals surface area (Å²) in [7, 11) is 0. The molecule has 0 bridgehead atoms. The van der Waals surface area contributed by atoms with Crippen molar-refractivity contribution in [2.45, 2.75) is 31.8 Å². The molecule has 19 heavy (non-hydrogen) atoms. The minimum Gasteiger partial charge on any atom is -0.378 e. The molecule has 2 rings (SSSR count). The van der Waals surface area contributed by atoms with Crippen LogP contribution in [0.5, 0.6) is 0 Å². The van der Waals surface area contributed by atoms with Gasteiger partial charge in [0, 0.05) is 29.2 Å². The molecule has 0 unspecified atom stereocenters. The minimum atomic E-state index is 0.184. The average Bonchev–Trinajstić information content (AvgIpc) is 2.43. The predicted octanol–water partition coefficient (Wildman–Crippen LogP) is 2.11. The molecule has 1 fully saturated rings. The number of rotatable bonds is 6. The average molecular weight is 327 g/mol. The number of Topliss-reactive ketones (excluding diaryl/α,β-unsaturated/α-hetero) is 1. The molecule has 4 nitrogen and oxygen atoms in total. The van der Waals surface area contributed by atoms with E-state index in [0.717, 1.165) is 36.1 Å². The van der Waals surface area contributed by atoms with Gasteiger partial charge in [-0.15, -0.1) is 0 Å². The first-order chi connectivity index (χ1) is 9.24. The van der Waals surface area contributed by atoms with E-state index in [1.165, 1.54) is 0 Å². The van der Waals surface area contributed by atoms with Gasteiger partial charge in [0.25, 0.3) is 0 Å². The number of piperidine rings is 1. The zero-order chi connectivity index (χ0) is 13.5. The molecule has 0 radical (unpaired) electrons. The van der Waals surface area contributed by atoms with E-state index in [0.29, 0.717) is 25.6 Å². The van der Waals surface area contributed by atoms with Crippen molar-refractivity contribution in [2.75, 3.05) is 19.7 Å². The summed E-state index contributed by atoms with van der Waals surface area (Å²) in [6, 6.07) is 3.77. The summed E-state index contributed by atoms with van der Waals surface area (Å²) in [6.07, 6.45) is 4.99. The lowest BCUT2D eigenvalue weighted by Crippen LogP contribution is -2.32. The van der Waals surface area contributed by atoms with Gasteiger partial charge in [0.1, 0.15) is 5.78 Å². The number of halogens is 1. The Kier molecular flexibility index (Phi) is 5.94. The molecule has 0 aliphatic carbocycles. The highest BCUT2D eigenvalue weighted by molar-refractivity contribution is 9.10. The molecule has 5 heteroatoms.